The minimum absolute atomic E-state index is 0.0931. The number of aryl methyl sites for hydroxylation is 1. The average molecular weight is 504 g/mol. The first-order valence-electron chi connectivity index (χ1n) is 12.5. The van der Waals surface area contributed by atoms with Crippen LogP contribution < -0.4 is 9.73 Å². The SMILES string of the molecule is Cc1ccc(S(=O)(=O)N(Cc2ccccc2)c2ccccc2C(=O)NN=C2CCCCCCC2)cc1. The fourth-order valence-corrected chi connectivity index (χ4v) is 5.86. The molecule has 0 aliphatic heterocycles. The van der Waals surface area contributed by atoms with Crippen molar-refractivity contribution < 1.29 is 13.2 Å². The minimum atomic E-state index is -3.95. The molecule has 1 saturated carbocycles. The van der Waals surface area contributed by atoms with E-state index in [0.717, 1.165) is 42.5 Å². The van der Waals surface area contributed by atoms with Crippen molar-refractivity contribution >= 4 is 27.3 Å². The van der Waals surface area contributed by atoms with E-state index < -0.39 is 15.9 Å². The quantitative estimate of drug-likeness (QED) is 0.389. The summed E-state index contributed by atoms with van der Waals surface area (Å²) in [6, 6.07) is 22.9. The van der Waals surface area contributed by atoms with Crippen LogP contribution in [0.25, 0.3) is 0 Å². The molecule has 1 aliphatic carbocycles. The highest BCUT2D eigenvalue weighted by Gasteiger charge is 2.28. The molecule has 0 bridgehead atoms. The highest BCUT2D eigenvalue weighted by Crippen LogP contribution is 2.29. The molecule has 0 heterocycles. The van der Waals surface area contributed by atoms with Crippen molar-refractivity contribution in [3.8, 4) is 0 Å². The molecule has 6 nitrogen and oxygen atoms in total. The normalized spacial score (nSPS) is 14.4. The number of nitrogens with zero attached hydrogens (tertiary/aromatic N) is 2. The number of benzene rings is 3. The molecule has 1 amide bonds. The molecule has 3 aromatic rings. The maximum atomic E-state index is 13.9. The molecule has 0 saturated heterocycles. The Kier molecular flexibility index (Phi) is 8.54. The smallest absolute Gasteiger partial charge is 0.267 e. The van der Waals surface area contributed by atoms with Gasteiger partial charge in [-0.3, -0.25) is 9.10 Å². The van der Waals surface area contributed by atoms with Gasteiger partial charge in [-0.05, 0) is 62.4 Å². The van der Waals surface area contributed by atoms with Crippen molar-refractivity contribution in [2.45, 2.75) is 63.3 Å². The number of hydrogen-bond donors (Lipinski definition) is 1. The molecule has 1 aliphatic rings. The van der Waals surface area contributed by atoms with Crippen LogP contribution in [0.3, 0.4) is 0 Å². The molecule has 1 N–H and O–H groups in total. The van der Waals surface area contributed by atoms with E-state index >= 15 is 0 Å². The molecule has 3 aromatic carbocycles. The highest BCUT2D eigenvalue weighted by molar-refractivity contribution is 7.92. The summed E-state index contributed by atoms with van der Waals surface area (Å²) in [6.07, 6.45) is 7.52. The van der Waals surface area contributed by atoms with E-state index in [1.165, 1.54) is 23.6 Å². The molecular weight excluding hydrogens is 470 g/mol. The van der Waals surface area contributed by atoms with Gasteiger partial charge >= 0.3 is 0 Å². The van der Waals surface area contributed by atoms with Gasteiger partial charge in [0.1, 0.15) is 0 Å². The van der Waals surface area contributed by atoms with Crippen LogP contribution in [0.5, 0.6) is 0 Å². The Balaban J connectivity index is 1.69. The summed E-state index contributed by atoms with van der Waals surface area (Å²) in [5.41, 5.74) is 6.06. The molecule has 0 unspecified atom stereocenters. The average Bonchev–Trinajstić information content (AvgIpc) is 2.87. The Labute approximate surface area is 214 Å². The summed E-state index contributed by atoms with van der Waals surface area (Å²) in [4.78, 5) is 13.5. The van der Waals surface area contributed by atoms with E-state index in [1.807, 2.05) is 37.3 Å². The molecule has 4 rings (SSSR count). The number of rotatable bonds is 7. The molecule has 0 radical (unpaired) electrons. The zero-order valence-corrected chi connectivity index (χ0v) is 21.5. The largest absolute Gasteiger partial charge is 0.273 e. The number of hydrazone groups is 1. The summed E-state index contributed by atoms with van der Waals surface area (Å²) in [5.74, 6) is -0.419. The number of anilines is 1. The summed E-state index contributed by atoms with van der Waals surface area (Å²) < 4.78 is 29.0. The predicted molar refractivity (Wildman–Crippen MR) is 145 cm³/mol. The number of carbonyl (C=O) groups excluding carboxylic acids is 1. The lowest BCUT2D eigenvalue weighted by Crippen LogP contribution is -2.33. The van der Waals surface area contributed by atoms with Crippen molar-refractivity contribution in [2.24, 2.45) is 5.10 Å². The van der Waals surface area contributed by atoms with Gasteiger partial charge in [-0.25, -0.2) is 13.8 Å². The van der Waals surface area contributed by atoms with Gasteiger partial charge in [0.2, 0.25) is 0 Å². The van der Waals surface area contributed by atoms with Gasteiger partial charge in [0, 0.05) is 5.71 Å². The van der Waals surface area contributed by atoms with Gasteiger partial charge in [-0.2, -0.15) is 5.10 Å². The van der Waals surface area contributed by atoms with E-state index in [2.05, 4.69) is 10.5 Å². The Hall–Kier alpha value is -3.45. The van der Waals surface area contributed by atoms with E-state index in [-0.39, 0.29) is 17.0 Å². The predicted octanol–water partition coefficient (Wildman–Crippen LogP) is 6.22. The maximum absolute atomic E-state index is 13.9. The Morgan fingerprint density at radius 2 is 1.44 bits per heavy atom. The van der Waals surface area contributed by atoms with E-state index in [0.29, 0.717) is 5.69 Å². The number of sulfonamides is 1. The van der Waals surface area contributed by atoms with Crippen LogP contribution >= 0.6 is 0 Å². The molecule has 36 heavy (non-hydrogen) atoms. The van der Waals surface area contributed by atoms with Crippen molar-refractivity contribution in [1.29, 1.82) is 0 Å². The number of nitrogens with one attached hydrogen (secondary N) is 1. The number of amides is 1. The Morgan fingerprint density at radius 1 is 0.833 bits per heavy atom. The first-order valence-corrected chi connectivity index (χ1v) is 14.0. The lowest BCUT2D eigenvalue weighted by molar-refractivity contribution is 0.0955. The summed E-state index contributed by atoms with van der Waals surface area (Å²) >= 11 is 0. The van der Waals surface area contributed by atoms with Gasteiger partial charge in [-0.15, -0.1) is 0 Å². The van der Waals surface area contributed by atoms with Crippen LogP contribution in [-0.4, -0.2) is 20.0 Å². The monoisotopic (exact) mass is 503 g/mol. The third-order valence-electron chi connectivity index (χ3n) is 6.44. The number of para-hydroxylation sites is 1. The second-order valence-corrected chi connectivity index (χ2v) is 11.1. The van der Waals surface area contributed by atoms with Crippen LogP contribution in [0.15, 0.2) is 88.9 Å². The molecular formula is C29H33N3O3S. The lowest BCUT2D eigenvalue weighted by Gasteiger charge is -2.26. The molecule has 188 valence electrons. The van der Waals surface area contributed by atoms with Crippen molar-refractivity contribution in [1.82, 2.24) is 5.43 Å². The standard InChI is InChI=1S/C29H33N3O3S/c1-23-18-20-26(21-19-23)36(34,35)32(22-24-12-6-5-7-13-24)28-17-11-10-16-27(28)29(33)31-30-25-14-8-3-2-4-9-15-25/h5-7,10-13,16-21H,2-4,8-9,14-15,22H2,1H3,(H,31,33). The molecule has 7 heteroatoms. The molecule has 1 fully saturated rings. The fraction of sp³-hybridized carbons (Fsp3) is 0.310. The van der Waals surface area contributed by atoms with Crippen molar-refractivity contribution in [2.75, 3.05) is 4.31 Å². The minimum Gasteiger partial charge on any atom is -0.267 e. The van der Waals surface area contributed by atoms with Crippen LogP contribution in [-0.2, 0) is 16.6 Å². The lowest BCUT2D eigenvalue weighted by atomic mass is 9.99. The van der Waals surface area contributed by atoms with Crippen molar-refractivity contribution in [3.05, 3.63) is 95.6 Å². The van der Waals surface area contributed by atoms with Gasteiger partial charge in [0.25, 0.3) is 15.9 Å². The fourth-order valence-electron chi connectivity index (χ4n) is 4.38. The molecule has 0 atom stereocenters. The zero-order valence-electron chi connectivity index (χ0n) is 20.7. The van der Waals surface area contributed by atoms with Crippen LogP contribution in [0.2, 0.25) is 0 Å². The third kappa shape index (κ3) is 6.40. The van der Waals surface area contributed by atoms with Crippen LogP contribution in [0.1, 0.15) is 66.4 Å². The zero-order chi connectivity index (χ0) is 25.4. The van der Waals surface area contributed by atoms with Gasteiger partial charge < -0.3 is 0 Å². The van der Waals surface area contributed by atoms with E-state index in [4.69, 9.17) is 0 Å². The summed E-state index contributed by atoms with van der Waals surface area (Å²) in [5, 5.41) is 4.42. The van der Waals surface area contributed by atoms with Crippen molar-refractivity contribution in [3.63, 3.8) is 0 Å². The van der Waals surface area contributed by atoms with Crippen LogP contribution in [0, 0.1) is 6.92 Å². The maximum Gasteiger partial charge on any atom is 0.273 e. The number of carbonyl (C=O) groups is 1. The Morgan fingerprint density at radius 3 is 2.14 bits per heavy atom. The van der Waals surface area contributed by atoms with Gasteiger partial charge in [0.15, 0.2) is 0 Å². The Bertz CT molecular complexity index is 1290. The number of hydrogen-bond acceptors (Lipinski definition) is 4. The first-order chi connectivity index (χ1) is 17.4. The summed E-state index contributed by atoms with van der Waals surface area (Å²) in [6.45, 7) is 2.01. The second-order valence-electron chi connectivity index (χ2n) is 9.21. The topological polar surface area (TPSA) is 78.8 Å². The van der Waals surface area contributed by atoms with Gasteiger partial charge in [-0.1, -0.05) is 79.4 Å². The second kappa shape index (κ2) is 12.0. The van der Waals surface area contributed by atoms with E-state index in [1.54, 1.807) is 48.5 Å². The highest BCUT2D eigenvalue weighted by atomic mass is 32.2. The van der Waals surface area contributed by atoms with Crippen LogP contribution in [0.4, 0.5) is 5.69 Å². The summed E-state index contributed by atoms with van der Waals surface area (Å²) in [7, 11) is -3.95. The molecule has 0 aromatic heterocycles. The first kappa shape index (κ1) is 25.6. The van der Waals surface area contributed by atoms with Gasteiger partial charge in [0.05, 0.1) is 22.7 Å². The third-order valence-corrected chi connectivity index (χ3v) is 8.22. The van der Waals surface area contributed by atoms with E-state index in [9.17, 15) is 13.2 Å². The molecule has 0 spiro atoms.